The molecule has 9 heteroatoms. The Kier molecular flexibility index (Phi) is 6.30. The predicted octanol–water partition coefficient (Wildman–Crippen LogP) is 1.85. The lowest BCUT2D eigenvalue weighted by molar-refractivity contribution is 0.0922. The first kappa shape index (κ1) is 20.6. The van der Waals surface area contributed by atoms with Crippen LogP contribution in [-0.2, 0) is 4.74 Å². The van der Waals surface area contributed by atoms with Crippen molar-refractivity contribution in [1.82, 2.24) is 30.5 Å². The second kappa shape index (κ2) is 8.89. The summed E-state index contributed by atoms with van der Waals surface area (Å²) in [5, 5.41) is 23.9. The first-order chi connectivity index (χ1) is 13.9. The van der Waals surface area contributed by atoms with Gasteiger partial charge in [-0.1, -0.05) is 6.07 Å². The summed E-state index contributed by atoms with van der Waals surface area (Å²) >= 11 is 0. The van der Waals surface area contributed by atoms with E-state index in [9.17, 15) is 9.90 Å². The Hall–Kier alpha value is -3.17. The van der Waals surface area contributed by atoms with E-state index in [4.69, 9.17) is 4.74 Å². The summed E-state index contributed by atoms with van der Waals surface area (Å²) in [6.07, 6.45) is 1.43. The molecule has 0 aliphatic heterocycles. The van der Waals surface area contributed by atoms with E-state index in [2.05, 4.69) is 25.8 Å². The van der Waals surface area contributed by atoms with Crippen LogP contribution in [0.15, 0.2) is 36.5 Å². The molecule has 0 radical (unpaired) electrons. The predicted molar refractivity (Wildman–Crippen MR) is 107 cm³/mol. The van der Waals surface area contributed by atoms with Crippen molar-refractivity contribution in [2.24, 2.45) is 0 Å². The summed E-state index contributed by atoms with van der Waals surface area (Å²) in [6, 6.07) is 8.79. The lowest BCUT2D eigenvalue weighted by Crippen LogP contribution is -2.35. The number of amides is 1. The molecule has 2 N–H and O–H groups in total. The van der Waals surface area contributed by atoms with Gasteiger partial charge < -0.3 is 15.2 Å². The Morgan fingerprint density at radius 1 is 1.28 bits per heavy atom. The van der Waals surface area contributed by atoms with Crippen LogP contribution in [0.4, 0.5) is 0 Å². The molecule has 152 valence electrons. The maximum absolute atomic E-state index is 12.7. The molecular formula is C20H24N6O3. The minimum Gasteiger partial charge on any atom is -0.394 e. The molecule has 0 aliphatic rings. The van der Waals surface area contributed by atoms with E-state index in [0.717, 1.165) is 16.8 Å². The van der Waals surface area contributed by atoms with Crippen LogP contribution in [-0.4, -0.2) is 56.0 Å². The molecule has 1 aromatic carbocycles. The fourth-order valence-corrected chi connectivity index (χ4v) is 2.74. The molecule has 0 saturated carbocycles. The van der Waals surface area contributed by atoms with Crippen LogP contribution in [0.2, 0.25) is 0 Å². The van der Waals surface area contributed by atoms with Gasteiger partial charge in [0.15, 0.2) is 5.82 Å². The second-order valence-corrected chi connectivity index (χ2v) is 6.87. The fraction of sp³-hybridized carbons (Fsp3) is 0.350. The molecule has 0 aliphatic carbocycles. The van der Waals surface area contributed by atoms with E-state index in [1.165, 1.54) is 4.68 Å². The minimum absolute atomic E-state index is 0.152. The van der Waals surface area contributed by atoms with Gasteiger partial charge in [0, 0.05) is 30.5 Å². The summed E-state index contributed by atoms with van der Waals surface area (Å²) in [6.45, 7) is 5.37. The third-order valence-corrected chi connectivity index (χ3v) is 4.49. The standard InChI is InChI=1S/C20H24N6O3/c1-12-5-6-18(21-10-12)15-7-16(20(28)22-13(2)11-27)9-17(8-15)26-19(14(3)29-4)23-24-25-26/h5-10,13-14,27H,11H2,1-4H3,(H,22,28). The molecule has 2 aromatic heterocycles. The molecule has 3 rings (SSSR count). The average molecular weight is 396 g/mol. The largest absolute Gasteiger partial charge is 0.394 e. The SMILES string of the molecule is COC(C)c1nnnn1-c1cc(C(=O)NC(C)CO)cc(-c2ccc(C)cn2)c1. The van der Waals surface area contributed by atoms with Crippen molar-refractivity contribution in [2.45, 2.75) is 32.9 Å². The van der Waals surface area contributed by atoms with Gasteiger partial charge in [0.1, 0.15) is 6.10 Å². The van der Waals surface area contributed by atoms with Crippen LogP contribution in [0.3, 0.4) is 0 Å². The normalized spacial score (nSPS) is 13.1. The number of pyridine rings is 1. The molecule has 2 heterocycles. The highest BCUT2D eigenvalue weighted by Crippen LogP contribution is 2.25. The van der Waals surface area contributed by atoms with Gasteiger partial charge in [-0.2, -0.15) is 4.68 Å². The Bertz CT molecular complexity index is 986. The van der Waals surface area contributed by atoms with E-state index in [-0.39, 0.29) is 24.7 Å². The third-order valence-electron chi connectivity index (χ3n) is 4.49. The molecule has 29 heavy (non-hydrogen) atoms. The van der Waals surface area contributed by atoms with Crippen molar-refractivity contribution in [2.75, 3.05) is 13.7 Å². The van der Waals surface area contributed by atoms with E-state index in [0.29, 0.717) is 17.1 Å². The summed E-state index contributed by atoms with van der Waals surface area (Å²) in [4.78, 5) is 17.2. The smallest absolute Gasteiger partial charge is 0.251 e. The van der Waals surface area contributed by atoms with E-state index < -0.39 is 0 Å². The number of rotatable bonds is 7. The van der Waals surface area contributed by atoms with Crippen molar-refractivity contribution in [3.63, 3.8) is 0 Å². The number of aliphatic hydroxyl groups is 1. The van der Waals surface area contributed by atoms with Gasteiger partial charge in [-0.05, 0) is 61.0 Å². The fourth-order valence-electron chi connectivity index (χ4n) is 2.74. The Morgan fingerprint density at radius 3 is 2.72 bits per heavy atom. The first-order valence-corrected chi connectivity index (χ1v) is 9.24. The van der Waals surface area contributed by atoms with Gasteiger partial charge in [0.05, 0.1) is 18.0 Å². The number of aryl methyl sites for hydroxylation is 1. The number of ether oxygens (including phenoxy) is 1. The molecule has 1 amide bonds. The van der Waals surface area contributed by atoms with E-state index in [1.807, 2.05) is 32.0 Å². The van der Waals surface area contributed by atoms with Crippen molar-refractivity contribution >= 4 is 5.91 Å². The van der Waals surface area contributed by atoms with Gasteiger partial charge in [-0.3, -0.25) is 9.78 Å². The second-order valence-electron chi connectivity index (χ2n) is 6.87. The lowest BCUT2D eigenvalue weighted by atomic mass is 10.0. The van der Waals surface area contributed by atoms with Gasteiger partial charge in [-0.15, -0.1) is 5.10 Å². The third kappa shape index (κ3) is 4.64. The van der Waals surface area contributed by atoms with Crippen LogP contribution >= 0.6 is 0 Å². The number of nitrogens with one attached hydrogen (secondary N) is 1. The van der Waals surface area contributed by atoms with Gasteiger partial charge >= 0.3 is 0 Å². The molecule has 0 saturated heterocycles. The maximum atomic E-state index is 12.7. The van der Waals surface area contributed by atoms with Crippen LogP contribution in [0, 0.1) is 6.92 Å². The van der Waals surface area contributed by atoms with Gasteiger partial charge in [-0.25, -0.2) is 0 Å². The molecule has 2 atom stereocenters. The first-order valence-electron chi connectivity index (χ1n) is 9.24. The molecule has 3 aromatic rings. The molecule has 0 fully saturated rings. The van der Waals surface area contributed by atoms with Crippen molar-refractivity contribution in [3.05, 3.63) is 53.5 Å². The number of hydrogen-bond acceptors (Lipinski definition) is 7. The monoisotopic (exact) mass is 396 g/mol. The van der Waals surface area contributed by atoms with E-state index in [1.54, 1.807) is 32.4 Å². The highest BCUT2D eigenvalue weighted by Gasteiger charge is 2.19. The number of benzene rings is 1. The zero-order chi connectivity index (χ0) is 21.0. The maximum Gasteiger partial charge on any atom is 0.251 e. The number of carbonyl (C=O) groups is 1. The highest BCUT2D eigenvalue weighted by molar-refractivity contribution is 5.96. The summed E-state index contributed by atoms with van der Waals surface area (Å²) in [5.74, 6) is 0.202. The van der Waals surface area contributed by atoms with Crippen molar-refractivity contribution in [3.8, 4) is 16.9 Å². The highest BCUT2D eigenvalue weighted by atomic mass is 16.5. The summed E-state index contributed by atoms with van der Waals surface area (Å²) in [5.41, 5.74) is 3.52. The van der Waals surface area contributed by atoms with Gasteiger partial charge in [0.2, 0.25) is 0 Å². The molecule has 0 spiro atoms. The molecular weight excluding hydrogens is 372 g/mol. The average Bonchev–Trinajstić information content (AvgIpc) is 3.23. The van der Waals surface area contributed by atoms with Crippen LogP contribution in [0.25, 0.3) is 16.9 Å². The Labute approximate surface area is 168 Å². The zero-order valence-corrected chi connectivity index (χ0v) is 16.8. The number of tetrazole rings is 1. The van der Waals surface area contributed by atoms with Crippen molar-refractivity contribution in [1.29, 1.82) is 0 Å². The number of nitrogens with zero attached hydrogens (tertiary/aromatic N) is 5. The topological polar surface area (TPSA) is 115 Å². The zero-order valence-electron chi connectivity index (χ0n) is 16.8. The summed E-state index contributed by atoms with van der Waals surface area (Å²) < 4.78 is 6.89. The van der Waals surface area contributed by atoms with Crippen LogP contribution < -0.4 is 5.32 Å². The quantitative estimate of drug-likeness (QED) is 0.626. The molecule has 9 nitrogen and oxygen atoms in total. The molecule has 0 bridgehead atoms. The number of aliphatic hydroxyl groups excluding tert-OH is 1. The lowest BCUT2D eigenvalue weighted by Gasteiger charge is -2.15. The summed E-state index contributed by atoms with van der Waals surface area (Å²) in [7, 11) is 1.57. The van der Waals surface area contributed by atoms with Crippen LogP contribution in [0.1, 0.15) is 41.7 Å². The Morgan fingerprint density at radius 2 is 2.07 bits per heavy atom. The number of hydrogen-bond donors (Lipinski definition) is 2. The number of methoxy groups -OCH3 is 1. The molecule has 2 unspecified atom stereocenters. The minimum atomic E-state index is -0.371. The van der Waals surface area contributed by atoms with Crippen LogP contribution in [0.5, 0.6) is 0 Å². The van der Waals surface area contributed by atoms with Crippen molar-refractivity contribution < 1.29 is 14.6 Å². The Balaban J connectivity index is 2.12. The number of aromatic nitrogens is 5. The number of carbonyl (C=O) groups excluding carboxylic acids is 1. The van der Waals surface area contributed by atoms with Gasteiger partial charge in [0.25, 0.3) is 5.91 Å². The van der Waals surface area contributed by atoms with E-state index >= 15 is 0 Å².